The molecule has 0 saturated carbocycles. The Bertz CT molecular complexity index is 543. The molecule has 2 aromatic rings. The lowest BCUT2D eigenvalue weighted by atomic mass is 10.1. The lowest BCUT2D eigenvalue weighted by Gasteiger charge is -2.10. The molecule has 18 heavy (non-hydrogen) atoms. The minimum Gasteiger partial charge on any atom is -0.389 e. The number of aromatic nitrogens is 2. The number of hydrogen-bond donors (Lipinski definition) is 1. The van der Waals surface area contributed by atoms with Gasteiger partial charge in [-0.3, -0.25) is 0 Å². The molecule has 96 valence electrons. The van der Waals surface area contributed by atoms with Crippen molar-refractivity contribution in [1.82, 2.24) is 9.36 Å². The van der Waals surface area contributed by atoms with Crippen molar-refractivity contribution in [2.75, 3.05) is 0 Å². The van der Waals surface area contributed by atoms with E-state index in [2.05, 4.69) is 9.36 Å². The van der Waals surface area contributed by atoms with Gasteiger partial charge in [-0.2, -0.15) is 4.37 Å². The van der Waals surface area contributed by atoms with Gasteiger partial charge in [0.2, 0.25) is 0 Å². The normalized spacial score (nSPS) is 12.7. The van der Waals surface area contributed by atoms with Crippen molar-refractivity contribution in [1.29, 1.82) is 0 Å². The fourth-order valence-corrected chi connectivity index (χ4v) is 3.31. The zero-order valence-electron chi connectivity index (χ0n) is 10.1. The average Bonchev–Trinajstić information content (AvgIpc) is 2.79. The molecular weight excluding hydrogens is 271 g/mol. The van der Waals surface area contributed by atoms with Crippen molar-refractivity contribution >= 4 is 23.3 Å². The van der Waals surface area contributed by atoms with E-state index in [1.165, 1.54) is 35.4 Å². The Kier molecular flexibility index (Phi) is 4.31. The minimum absolute atomic E-state index is 0.346. The van der Waals surface area contributed by atoms with Crippen molar-refractivity contribution in [3.05, 3.63) is 35.4 Å². The van der Waals surface area contributed by atoms with Gasteiger partial charge in [-0.05, 0) is 42.2 Å². The molecule has 1 aromatic heterocycles. The van der Waals surface area contributed by atoms with Crippen LogP contribution in [0.25, 0.3) is 0 Å². The van der Waals surface area contributed by atoms with Crippen LogP contribution in [0.3, 0.4) is 0 Å². The summed E-state index contributed by atoms with van der Waals surface area (Å²) < 4.78 is 18.2. The first kappa shape index (κ1) is 13.5. The van der Waals surface area contributed by atoms with Crippen molar-refractivity contribution in [2.24, 2.45) is 0 Å². The molecule has 1 heterocycles. The molecule has 0 amide bonds. The van der Waals surface area contributed by atoms with Gasteiger partial charge in [-0.1, -0.05) is 18.7 Å². The summed E-state index contributed by atoms with van der Waals surface area (Å²) in [4.78, 5) is 5.15. The Morgan fingerprint density at radius 3 is 2.89 bits per heavy atom. The molecule has 0 unspecified atom stereocenters. The van der Waals surface area contributed by atoms with Crippen molar-refractivity contribution in [3.8, 4) is 0 Å². The van der Waals surface area contributed by atoms with Crippen LogP contribution in [0, 0.1) is 5.82 Å². The summed E-state index contributed by atoms with van der Waals surface area (Å²) in [5, 5.41) is 9.65. The van der Waals surface area contributed by atoms with Gasteiger partial charge in [0, 0.05) is 11.3 Å². The van der Waals surface area contributed by atoms with Crippen LogP contribution in [0.2, 0.25) is 0 Å². The van der Waals surface area contributed by atoms with E-state index >= 15 is 0 Å². The summed E-state index contributed by atoms with van der Waals surface area (Å²) in [6, 6.07) is 4.40. The molecule has 3 nitrogen and oxygen atoms in total. The van der Waals surface area contributed by atoms with Crippen LogP contribution in [-0.4, -0.2) is 14.5 Å². The predicted octanol–water partition coefficient (Wildman–Crippen LogP) is 3.44. The van der Waals surface area contributed by atoms with Crippen LogP contribution >= 0.6 is 23.3 Å². The summed E-state index contributed by atoms with van der Waals surface area (Å²) in [5.74, 6) is 0.463. The predicted molar refractivity (Wildman–Crippen MR) is 70.4 cm³/mol. The first-order chi connectivity index (χ1) is 8.60. The highest BCUT2D eigenvalue weighted by Gasteiger charge is 2.12. The van der Waals surface area contributed by atoms with Gasteiger partial charge < -0.3 is 5.11 Å². The lowest BCUT2D eigenvalue weighted by Crippen LogP contribution is -1.95. The van der Waals surface area contributed by atoms with E-state index in [0.29, 0.717) is 5.56 Å². The molecule has 1 atom stereocenters. The topological polar surface area (TPSA) is 46.0 Å². The highest BCUT2D eigenvalue weighted by Crippen LogP contribution is 2.34. The van der Waals surface area contributed by atoms with Crippen LogP contribution in [0.15, 0.2) is 27.4 Å². The minimum atomic E-state index is -0.707. The first-order valence-corrected chi connectivity index (χ1v) is 7.17. The molecular formula is C12H13FN2OS2. The van der Waals surface area contributed by atoms with Crippen LogP contribution in [0.1, 0.15) is 31.3 Å². The number of nitrogens with zero attached hydrogens (tertiary/aromatic N) is 2. The van der Waals surface area contributed by atoms with E-state index < -0.39 is 6.10 Å². The van der Waals surface area contributed by atoms with Crippen molar-refractivity contribution in [2.45, 2.75) is 35.6 Å². The van der Waals surface area contributed by atoms with E-state index in [4.69, 9.17) is 0 Å². The van der Waals surface area contributed by atoms with Crippen LogP contribution in [0.4, 0.5) is 4.39 Å². The molecule has 0 aliphatic carbocycles. The number of benzene rings is 1. The Labute approximate surface area is 113 Å². The summed E-state index contributed by atoms with van der Waals surface area (Å²) in [7, 11) is 0. The SMILES string of the molecule is CCc1nsc(Sc2ccc(F)cc2[C@@H](C)O)n1. The maximum atomic E-state index is 13.2. The van der Waals surface area contributed by atoms with Crippen LogP contribution in [-0.2, 0) is 6.42 Å². The molecule has 1 N–H and O–H groups in total. The second kappa shape index (κ2) is 5.77. The molecule has 0 aliphatic rings. The summed E-state index contributed by atoms with van der Waals surface area (Å²) in [6.45, 7) is 3.62. The Morgan fingerprint density at radius 2 is 2.28 bits per heavy atom. The average molecular weight is 284 g/mol. The van der Waals surface area contributed by atoms with Gasteiger partial charge in [-0.25, -0.2) is 9.37 Å². The monoisotopic (exact) mass is 284 g/mol. The largest absolute Gasteiger partial charge is 0.389 e. The number of aliphatic hydroxyl groups excluding tert-OH is 1. The second-order valence-corrected chi connectivity index (χ2v) is 5.83. The number of halogens is 1. The smallest absolute Gasteiger partial charge is 0.174 e. The third kappa shape index (κ3) is 3.07. The third-order valence-electron chi connectivity index (χ3n) is 2.38. The summed E-state index contributed by atoms with van der Waals surface area (Å²) in [6.07, 6.45) is 0.0887. The fourth-order valence-electron chi connectivity index (χ4n) is 1.46. The van der Waals surface area contributed by atoms with E-state index in [1.807, 2.05) is 6.92 Å². The number of rotatable bonds is 4. The number of aliphatic hydroxyl groups is 1. The van der Waals surface area contributed by atoms with E-state index in [0.717, 1.165) is 21.5 Å². The lowest BCUT2D eigenvalue weighted by molar-refractivity contribution is 0.196. The standard InChI is InChI=1S/C12H13FN2OS2/c1-3-11-14-12(18-15-11)17-10-5-4-8(13)6-9(10)7(2)16/h4-7,16H,3H2,1-2H3/t7-/m1/s1. The molecule has 2 rings (SSSR count). The molecule has 0 aliphatic heterocycles. The molecule has 0 saturated heterocycles. The molecule has 0 spiro atoms. The van der Waals surface area contributed by atoms with Crippen molar-refractivity contribution < 1.29 is 9.50 Å². The van der Waals surface area contributed by atoms with E-state index in [9.17, 15) is 9.50 Å². The fraction of sp³-hybridized carbons (Fsp3) is 0.333. The van der Waals surface area contributed by atoms with Gasteiger partial charge in [0.15, 0.2) is 4.34 Å². The Balaban J connectivity index is 2.28. The van der Waals surface area contributed by atoms with Gasteiger partial charge in [0.05, 0.1) is 6.10 Å². The summed E-state index contributed by atoms with van der Waals surface area (Å²) >= 11 is 2.73. The van der Waals surface area contributed by atoms with Gasteiger partial charge in [0.1, 0.15) is 11.6 Å². The Morgan fingerprint density at radius 1 is 1.50 bits per heavy atom. The highest BCUT2D eigenvalue weighted by atomic mass is 32.2. The van der Waals surface area contributed by atoms with Gasteiger partial charge in [0.25, 0.3) is 0 Å². The van der Waals surface area contributed by atoms with E-state index in [-0.39, 0.29) is 5.82 Å². The zero-order chi connectivity index (χ0) is 13.1. The molecule has 1 aromatic carbocycles. The maximum Gasteiger partial charge on any atom is 0.174 e. The van der Waals surface area contributed by atoms with Crippen molar-refractivity contribution in [3.63, 3.8) is 0 Å². The Hall–Kier alpha value is -0.980. The first-order valence-electron chi connectivity index (χ1n) is 5.58. The molecule has 0 radical (unpaired) electrons. The number of aryl methyl sites for hydroxylation is 1. The quantitative estimate of drug-likeness (QED) is 0.934. The maximum absolute atomic E-state index is 13.2. The third-order valence-corrected chi connectivity index (χ3v) is 4.27. The second-order valence-electron chi connectivity index (χ2n) is 3.79. The van der Waals surface area contributed by atoms with Crippen LogP contribution in [0.5, 0.6) is 0 Å². The molecule has 0 bridgehead atoms. The van der Waals surface area contributed by atoms with Gasteiger partial charge >= 0.3 is 0 Å². The van der Waals surface area contributed by atoms with Crippen LogP contribution < -0.4 is 0 Å². The molecule has 0 fully saturated rings. The highest BCUT2D eigenvalue weighted by molar-refractivity contribution is 8.01. The number of hydrogen-bond acceptors (Lipinski definition) is 5. The summed E-state index contributed by atoms with van der Waals surface area (Å²) in [5.41, 5.74) is 0.577. The van der Waals surface area contributed by atoms with E-state index in [1.54, 1.807) is 13.0 Å². The molecule has 6 heteroatoms. The van der Waals surface area contributed by atoms with Gasteiger partial charge in [-0.15, -0.1) is 0 Å². The zero-order valence-corrected chi connectivity index (χ0v) is 11.7.